The third-order valence-electron chi connectivity index (χ3n) is 4.18. The SMILES string of the molecule is CC1CCCN(c2ccc([C@@H](C)N)c(Br)c2)C1C. The van der Waals surface area contributed by atoms with Crippen LogP contribution < -0.4 is 10.6 Å². The average molecular weight is 311 g/mol. The maximum absolute atomic E-state index is 5.95. The van der Waals surface area contributed by atoms with Gasteiger partial charge in [-0.2, -0.15) is 0 Å². The van der Waals surface area contributed by atoms with Gasteiger partial charge in [0.15, 0.2) is 0 Å². The molecule has 1 heterocycles. The molecule has 3 atom stereocenters. The van der Waals surface area contributed by atoms with Gasteiger partial charge in [-0.25, -0.2) is 0 Å². The Labute approximate surface area is 119 Å². The minimum absolute atomic E-state index is 0.0751. The topological polar surface area (TPSA) is 29.3 Å². The Morgan fingerprint density at radius 2 is 2.11 bits per heavy atom. The molecule has 2 unspecified atom stereocenters. The lowest BCUT2D eigenvalue weighted by Crippen LogP contribution is -2.42. The van der Waals surface area contributed by atoms with Crippen molar-refractivity contribution in [3.63, 3.8) is 0 Å². The summed E-state index contributed by atoms with van der Waals surface area (Å²) in [5, 5.41) is 0. The largest absolute Gasteiger partial charge is 0.369 e. The van der Waals surface area contributed by atoms with E-state index in [0.717, 1.165) is 16.9 Å². The number of hydrogen-bond donors (Lipinski definition) is 1. The minimum Gasteiger partial charge on any atom is -0.369 e. The van der Waals surface area contributed by atoms with Gasteiger partial charge >= 0.3 is 0 Å². The van der Waals surface area contributed by atoms with Crippen molar-refractivity contribution in [1.82, 2.24) is 0 Å². The van der Waals surface area contributed by atoms with Crippen LogP contribution >= 0.6 is 15.9 Å². The standard InChI is InChI=1S/C15H23BrN2/c1-10-5-4-8-18(12(10)3)13-6-7-14(11(2)17)15(16)9-13/h6-7,9-12H,4-5,8,17H2,1-3H3/t10?,11-,12?/m1/s1. The van der Waals surface area contributed by atoms with Crippen molar-refractivity contribution in [2.45, 2.75) is 45.7 Å². The van der Waals surface area contributed by atoms with Gasteiger partial charge in [0.25, 0.3) is 0 Å². The minimum atomic E-state index is 0.0751. The summed E-state index contributed by atoms with van der Waals surface area (Å²) in [4.78, 5) is 2.52. The molecule has 2 N–H and O–H groups in total. The van der Waals surface area contributed by atoms with E-state index in [1.165, 1.54) is 24.1 Å². The molecule has 2 rings (SSSR count). The highest BCUT2D eigenvalue weighted by Crippen LogP contribution is 2.32. The van der Waals surface area contributed by atoms with E-state index in [2.05, 4.69) is 52.9 Å². The van der Waals surface area contributed by atoms with Crippen LogP contribution in [0.5, 0.6) is 0 Å². The van der Waals surface area contributed by atoms with E-state index in [4.69, 9.17) is 5.73 Å². The fourth-order valence-corrected chi connectivity index (χ4v) is 3.49. The Bertz CT molecular complexity index is 417. The summed E-state index contributed by atoms with van der Waals surface area (Å²) in [6.07, 6.45) is 2.63. The van der Waals surface area contributed by atoms with E-state index in [0.29, 0.717) is 6.04 Å². The summed E-state index contributed by atoms with van der Waals surface area (Å²) in [6.45, 7) is 7.86. The number of nitrogens with two attached hydrogens (primary N) is 1. The molecule has 1 saturated heterocycles. The van der Waals surface area contributed by atoms with Crippen LogP contribution in [-0.2, 0) is 0 Å². The van der Waals surface area contributed by atoms with Crippen molar-refractivity contribution in [2.24, 2.45) is 11.7 Å². The van der Waals surface area contributed by atoms with Crippen LogP contribution in [0, 0.1) is 5.92 Å². The summed E-state index contributed by atoms with van der Waals surface area (Å²) in [7, 11) is 0. The van der Waals surface area contributed by atoms with Crippen LogP contribution in [0.3, 0.4) is 0 Å². The molecule has 1 aliphatic heterocycles. The molecule has 1 fully saturated rings. The number of nitrogens with zero attached hydrogens (tertiary/aromatic N) is 1. The molecule has 1 aromatic carbocycles. The zero-order valence-corrected chi connectivity index (χ0v) is 13.1. The Balaban J connectivity index is 2.26. The smallest absolute Gasteiger partial charge is 0.0380 e. The second-order valence-electron chi connectivity index (χ2n) is 5.55. The molecule has 0 spiro atoms. The lowest BCUT2D eigenvalue weighted by molar-refractivity contribution is 0.363. The molecule has 2 nitrogen and oxygen atoms in total. The van der Waals surface area contributed by atoms with Crippen molar-refractivity contribution in [3.05, 3.63) is 28.2 Å². The van der Waals surface area contributed by atoms with Crippen LogP contribution in [0.2, 0.25) is 0 Å². The highest BCUT2D eigenvalue weighted by molar-refractivity contribution is 9.10. The van der Waals surface area contributed by atoms with Crippen molar-refractivity contribution in [2.75, 3.05) is 11.4 Å². The number of benzene rings is 1. The van der Waals surface area contributed by atoms with Gasteiger partial charge < -0.3 is 10.6 Å². The highest BCUT2D eigenvalue weighted by atomic mass is 79.9. The Kier molecular flexibility index (Phi) is 4.33. The first-order chi connectivity index (χ1) is 8.50. The highest BCUT2D eigenvalue weighted by Gasteiger charge is 2.25. The van der Waals surface area contributed by atoms with Gasteiger partial charge in [0.05, 0.1) is 0 Å². The van der Waals surface area contributed by atoms with Crippen LogP contribution in [-0.4, -0.2) is 12.6 Å². The molecule has 18 heavy (non-hydrogen) atoms. The lowest BCUT2D eigenvalue weighted by Gasteiger charge is -2.40. The number of rotatable bonds is 2. The van der Waals surface area contributed by atoms with Crippen molar-refractivity contribution in [1.29, 1.82) is 0 Å². The third-order valence-corrected chi connectivity index (χ3v) is 4.87. The molecule has 3 heteroatoms. The fourth-order valence-electron chi connectivity index (χ4n) is 2.76. The van der Waals surface area contributed by atoms with Gasteiger partial charge in [-0.15, -0.1) is 0 Å². The van der Waals surface area contributed by atoms with Crippen LogP contribution in [0.4, 0.5) is 5.69 Å². The summed E-state index contributed by atoms with van der Waals surface area (Å²) < 4.78 is 1.13. The fraction of sp³-hybridized carbons (Fsp3) is 0.600. The third kappa shape index (κ3) is 2.72. The molecule has 0 aliphatic carbocycles. The lowest BCUT2D eigenvalue weighted by atomic mass is 9.91. The van der Waals surface area contributed by atoms with Crippen LogP contribution in [0.1, 0.15) is 45.2 Å². The van der Waals surface area contributed by atoms with E-state index in [-0.39, 0.29) is 6.04 Å². The van der Waals surface area contributed by atoms with Crippen LogP contribution in [0.15, 0.2) is 22.7 Å². The zero-order valence-electron chi connectivity index (χ0n) is 11.5. The van der Waals surface area contributed by atoms with E-state index in [1.807, 2.05) is 6.92 Å². The van der Waals surface area contributed by atoms with E-state index in [9.17, 15) is 0 Å². The Morgan fingerprint density at radius 1 is 1.39 bits per heavy atom. The molecule has 0 amide bonds. The van der Waals surface area contributed by atoms with Crippen molar-refractivity contribution >= 4 is 21.6 Å². The van der Waals surface area contributed by atoms with Crippen LogP contribution in [0.25, 0.3) is 0 Å². The molecule has 0 saturated carbocycles. The van der Waals surface area contributed by atoms with Gasteiger partial charge in [0.1, 0.15) is 0 Å². The summed E-state index contributed by atoms with van der Waals surface area (Å²) in [6, 6.07) is 7.26. The van der Waals surface area contributed by atoms with Crippen molar-refractivity contribution < 1.29 is 0 Å². The maximum atomic E-state index is 5.95. The number of anilines is 1. The first-order valence-electron chi connectivity index (χ1n) is 6.82. The Hall–Kier alpha value is -0.540. The number of halogens is 1. The quantitative estimate of drug-likeness (QED) is 0.891. The Morgan fingerprint density at radius 3 is 2.72 bits per heavy atom. The van der Waals surface area contributed by atoms with E-state index < -0.39 is 0 Å². The molecule has 0 aromatic heterocycles. The van der Waals surface area contributed by atoms with Gasteiger partial charge in [0.2, 0.25) is 0 Å². The van der Waals surface area contributed by atoms with E-state index in [1.54, 1.807) is 0 Å². The summed E-state index contributed by atoms with van der Waals surface area (Å²) in [5.74, 6) is 0.769. The van der Waals surface area contributed by atoms with E-state index >= 15 is 0 Å². The summed E-state index contributed by atoms with van der Waals surface area (Å²) >= 11 is 3.64. The van der Waals surface area contributed by atoms with Gasteiger partial charge in [-0.05, 0) is 50.3 Å². The second kappa shape index (κ2) is 5.62. The molecular weight excluding hydrogens is 288 g/mol. The number of piperidine rings is 1. The van der Waals surface area contributed by atoms with Crippen molar-refractivity contribution in [3.8, 4) is 0 Å². The second-order valence-corrected chi connectivity index (χ2v) is 6.40. The molecule has 100 valence electrons. The molecular formula is C15H23BrN2. The summed E-state index contributed by atoms with van der Waals surface area (Å²) in [5.41, 5.74) is 8.44. The monoisotopic (exact) mass is 310 g/mol. The number of hydrogen-bond acceptors (Lipinski definition) is 2. The normalized spacial score (nSPS) is 26.2. The molecule has 0 radical (unpaired) electrons. The van der Waals surface area contributed by atoms with Gasteiger partial charge in [-0.3, -0.25) is 0 Å². The molecule has 0 bridgehead atoms. The first-order valence-corrected chi connectivity index (χ1v) is 7.61. The first kappa shape index (κ1) is 13.9. The molecule has 1 aromatic rings. The molecule has 1 aliphatic rings. The predicted molar refractivity (Wildman–Crippen MR) is 82.0 cm³/mol. The van der Waals surface area contributed by atoms with Gasteiger partial charge in [-0.1, -0.05) is 28.9 Å². The average Bonchev–Trinajstić information content (AvgIpc) is 2.32. The van der Waals surface area contributed by atoms with Gasteiger partial charge in [0, 0.05) is 28.8 Å². The predicted octanol–water partition coefficient (Wildman–Crippen LogP) is 4.09. The zero-order chi connectivity index (χ0) is 13.3. The maximum Gasteiger partial charge on any atom is 0.0380 e.